The Morgan fingerprint density at radius 2 is 2.00 bits per heavy atom. The molecule has 0 aliphatic carbocycles. The molecule has 0 unspecified atom stereocenters. The Morgan fingerprint density at radius 3 is 2.77 bits per heavy atom. The van der Waals surface area contributed by atoms with Crippen LogP contribution < -0.4 is 11.1 Å². The molecule has 0 saturated carbocycles. The molecule has 0 spiro atoms. The van der Waals surface area contributed by atoms with E-state index in [-0.39, 0.29) is 5.91 Å². The van der Waals surface area contributed by atoms with E-state index in [4.69, 9.17) is 27.6 Å². The van der Waals surface area contributed by atoms with Gasteiger partial charge in [-0.25, -0.2) is 4.79 Å². The molecule has 0 saturated heterocycles. The number of benzene rings is 2. The molecule has 0 radical (unpaired) electrons. The standard InChI is InChI=1S/C15H10Cl2N2O3/c16-9-2-3-10(11(17)6-9)14(20)18-7-8-1-4-13-12(5-8)19-15(21)22-13/h1-6H,7H2,(H,18,20)(H,19,21). The molecule has 7 heteroatoms. The fourth-order valence-corrected chi connectivity index (χ4v) is 2.55. The molecule has 0 fully saturated rings. The maximum absolute atomic E-state index is 12.1. The molecule has 2 N–H and O–H groups in total. The van der Waals surface area contributed by atoms with E-state index in [0.29, 0.717) is 33.3 Å². The average Bonchev–Trinajstić information content (AvgIpc) is 2.84. The van der Waals surface area contributed by atoms with Crippen LogP contribution >= 0.6 is 23.2 Å². The van der Waals surface area contributed by atoms with Gasteiger partial charge >= 0.3 is 5.76 Å². The van der Waals surface area contributed by atoms with Gasteiger partial charge in [0.15, 0.2) is 5.58 Å². The summed E-state index contributed by atoms with van der Waals surface area (Å²) in [5, 5.41) is 3.52. The molecule has 22 heavy (non-hydrogen) atoms. The number of hydrogen-bond donors (Lipinski definition) is 2. The van der Waals surface area contributed by atoms with Crippen molar-refractivity contribution in [3.8, 4) is 0 Å². The lowest BCUT2D eigenvalue weighted by Crippen LogP contribution is -2.23. The van der Waals surface area contributed by atoms with Crippen LogP contribution in [0.3, 0.4) is 0 Å². The first-order valence-electron chi connectivity index (χ1n) is 6.38. The SMILES string of the molecule is O=C(NCc1ccc2oc(=O)[nH]c2c1)c1ccc(Cl)cc1Cl. The van der Waals surface area contributed by atoms with Crippen LogP contribution in [0.25, 0.3) is 11.1 Å². The molecule has 0 aliphatic rings. The Kier molecular flexibility index (Phi) is 3.92. The van der Waals surface area contributed by atoms with E-state index < -0.39 is 5.76 Å². The molecule has 3 aromatic rings. The molecule has 112 valence electrons. The molecule has 5 nitrogen and oxygen atoms in total. The molecule has 3 rings (SSSR count). The van der Waals surface area contributed by atoms with E-state index >= 15 is 0 Å². The summed E-state index contributed by atoms with van der Waals surface area (Å²) >= 11 is 11.8. The van der Waals surface area contributed by atoms with Crippen molar-refractivity contribution in [1.82, 2.24) is 10.3 Å². The minimum atomic E-state index is -0.510. The number of carbonyl (C=O) groups is 1. The zero-order valence-corrected chi connectivity index (χ0v) is 12.7. The summed E-state index contributed by atoms with van der Waals surface area (Å²) < 4.78 is 4.92. The zero-order chi connectivity index (χ0) is 15.7. The van der Waals surface area contributed by atoms with Crippen molar-refractivity contribution in [2.75, 3.05) is 0 Å². The summed E-state index contributed by atoms with van der Waals surface area (Å²) in [5.41, 5.74) is 2.23. The average molecular weight is 337 g/mol. The highest BCUT2D eigenvalue weighted by atomic mass is 35.5. The lowest BCUT2D eigenvalue weighted by Gasteiger charge is -2.07. The Balaban J connectivity index is 1.75. The first kappa shape index (κ1) is 14.7. The van der Waals surface area contributed by atoms with Crippen LogP contribution in [0.4, 0.5) is 0 Å². The molecule has 1 aromatic heterocycles. The van der Waals surface area contributed by atoms with Crippen LogP contribution in [0.1, 0.15) is 15.9 Å². The molecule has 0 atom stereocenters. The van der Waals surface area contributed by atoms with Crippen molar-refractivity contribution < 1.29 is 9.21 Å². The van der Waals surface area contributed by atoms with Gasteiger partial charge < -0.3 is 9.73 Å². The number of aromatic nitrogens is 1. The van der Waals surface area contributed by atoms with Crippen molar-refractivity contribution in [1.29, 1.82) is 0 Å². The number of halogens is 2. The predicted molar refractivity (Wildman–Crippen MR) is 84.5 cm³/mol. The smallest absolute Gasteiger partial charge is 0.408 e. The number of rotatable bonds is 3. The number of fused-ring (bicyclic) bond motifs is 1. The highest BCUT2D eigenvalue weighted by molar-refractivity contribution is 6.36. The maximum Gasteiger partial charge on any atom is 0.417 e. The number of aromatic amines is 1. The molecular weight excluding hydrogens is 327 g/mol. The Hall–Kier alpha value is -2.24. The fraction of sp³-hybridized carbons (Fsp3) is 0.0667. The Morgan fingerprint density at radius 1 is 1.18 bits per heavy atom. The van der Waals surface area contributed by atoms with E-state index in [9.17, 15) is 9.59 Å². The number of H-pyrrole nitrogens is 1. The third kappa shape index (κ3) is 3.00. The third-order valence-electron chi connectivity index (χ3n) is 3.11. The minimum Gasteiger partial charge on any atom is -0.408 e. The first-order valence-corrected chi connectivity index (χ1v) is 7.13. The third-order valence-corrected chi connectivity index (χ3v) is 3.66. The van der Waals surface area contributed by atoms with Gasteiger partial charge in [0.25, 0.3) is 5.91 Å². The first-order chi connectivity index (χ1) is 10.5. The fourth-order valence-electron chi connectivity index (χ4n) is 2.06. The van der Waals surface area contributed by atoms with Gasteiger partial charge in [0.2, 0.25) is 0 Å². The summed E-state index contributed by atoms with van der Waals surface area (Å²) in [6, 6.07) is 9.86. The monoisotopic (exact) mass is 336 g/mol. The van der Waals surface area contributed by atoms with Gasteiger partial charge in [0.05, 0.1) is 16.1 Å². The lowest BCUT2D eigenvalue weighted by atomic mass is 10.2. The number of nitrogens with one attached hydrogen (secondary N) is 2. The molecule has 0 aliphatic heterocycles. The van der Waals surface area contributed by atoms with Crippen molar-refractivity contribution in [3.05, 3.63) is 68.1 Å². The molecule has 1 heterocycles. The van der Waals surface area contributed by atoms with Gasteiger partial charge in [-0.2, -0.15) is 0 Å². The largest absolute Gasteiger partial charge is 0.417 e. The summed E-state index contributed by atoms with van der Waals surface area (Å²) in [4.78, 5) is 25.8. The van der Waals surface area contributed by atoms with Crippen LogP contribution in [0, 0.1) is 0 Å². The van der Waals surface area contributed by atoms with Crippen LogP contribution in [0.15, 0.2) is 45.6 Å². The Labute approximate surface area is 134 Å². The highest BCUT2D eigenvalue weighted by Crippen LogP contribution is 2.21. The van der Waals surface area contributed by atoms with Gasteiger partial charge in [0.1, 0.15) is 0 Å². The normalized spacial score (nSPS) is 10.8. The predicted octanol–water partition coefficient (Wildman–Crippen LogP) is 3.36. The van der Waals surface area contributed by atoms with Gasteiger partial charge in [-0.05, 0) is 35.9 Å². The van der Waals surface area contributed by atoms with Gasteiger partial charge in [-0.1, -0.05) is 29.3 Å². The molecular formula is C15H10Cl2N2O3. The van der Waals surface area contributed by atoms with Crippen LogP contribution in [-0.4, -0.2) is 10.9 Å². The molecule has 2 aromatic carbocycles. The van der Waals surface area contributed by atoms with E-state index in [0.717, 1.165) is 5.56 Å². The van der Waals surface area contributed by atoms with E-state index in [2.05, 4.69) is 10.3 Å². The minimum absolute atomic E-state index is 0.291. The highest BCUT2D eigenvalue weighted by Gasteiger charge is 2.10. The summed E-state index contributed by atoms with van der Waals surface area (Å²) in [5.74, 6) is -0.813. The van der Waals surface area contributed by atoms with Crippen molar-refractivity contribution >= 4 is 40.2 Å². The Bertz CT molecular complexity index is 915. The van der Waals surface area contributed by atoms with E-state index in [1.807, 2.05) is 0 Å². The lowest BCUT2D eigenvalue weighted by molar-refractivity contribution is 0.0951. The van der Waals surface area contributed by atoms with Gasteiger partial charge in [0, 0.05) is 11.6 Å². The summed E-state index contributed by atoms with van der Waals surface area (Å²) in [7, 11) is 0. The second kappa shape index (κ2) is 5.87. The maximum atomic E-state index is 12.1. The molecule has 0 bridgehead atoms. The van der Waals surface area contributed by atoms with Crippen LogP contribution in [-0.2, 0) is 6.54 Å². The number of carbonyl (C=O) groups excluding carboxylic acids is 1. The quantitative estimate of drug-likeness (QED) is 0.770. The summed E-state index contributed by atoms with van der Waals surface area (Å²) in [6.07, 6.45) is 0. The van der Waals surface area contributed by atoms with E-state index in [1.54, 1.807) is 30.3 Å². The van der Waals surface area contributed by atoms with Crippen molar-refractivity contribution in [3.63, 3.8) is 0 Å². The number of amides is 1. The zero-order valence-electron chi connectivity index (χ0n) is 11.2. The second-order valence-electron chi connectivity index (χ2n) is 4.65. The van der Waals surface area contributed by atoms with Crippen LogP contribution in [0.5, 0.6) is 0 Å². The topological polar surface area (TPSA) is 75.1 Å². The van der Waals surface area contributed by atoms with Crippen molar-refractivity contribution in [2.24, 2.45) is 0 Å². The molecule has 1 amide bonds. The van der Waals surface area contributed by atoms with Crippen LogP contribution in [0.2, 0.25) is 10.0 Å². The van der Waals surface area contributed by atoms with E-state index in [1.165, 1.54) is 6.07 Å². The van der Waals surface area contributed by atoms with Crippen molar-refractivity contribution in [2.45, 2.75) is 6.54 Å². The second-order valence-corrected chi connectivity index (χ2v) is 5.50. The van der Waals surface area contributed by atoms with Gasteiger partial charge in [-0.15, -0.1) is 0 Å². The number of oxazole rings is 1. The van der Waals surface area contributed by atoms with Gasteiger partial charge in [-0.3, -0.25) is 9.78 Å². The summed E-state index contributed by atoms with van der Waals surface area (Å²) in [6.45, 7) is 0.293. The number of hydrogen-bond acceptors (Lipinski definition) is 3.